The van der Waals surface area contributed by atoms with Crippen LogP contribution in [0.15, 0.2) is 224 Å². The number of fused-ring (bicyclic) bond motifs is 9. The van der Waals surface area contributed by atoms with Gasteiger partial charge in [0, 0.05) is 33.6 Å². The Hall–Kier alpha value is -7.68. The average molecular weight is 768 g/mol. The minimum Gasteiger partial charge on any atom is -0.456 e. The summed E-state index contributed by atoms with van der Waals surface area (Å²) >= 11 is 0. The highest BCUT2D eigenvalue weighted by atomic mass is 16.5. The third-order valence-corrected chi connectivity index (χ3v) is 12.6. The third kappa shape index (κ3) is 5.49. The lowest BCUT2D eigenvalue weighted by Gasteiger charge is -2.41. The van der Waals surface area contributed by atoms with Gasteiger partial charge in [0.25, 0.3) is 0 Å². The van der Waals surface area contributed by atoms with E-state index in [0.29, 0.717) is 0 Å². The summed E-state index contributed by atoms with van der Waals surface area (Å²) in [6.07, 6.45) is 1.93. The van der Waals surface area contributed by atoms with Crippen molar-refractivity contribution in [2.45, 2.75) is 12.3 Å². The summed E-state index contributed by atoms with van der Waals surface area (Å²) in [5.41, 5.74) is 16.8. The predicted octanol–water partition coefficient (Wildman–Crippen LogP) is 15.4. The van der Waals surface area contributed by atoms with Crippen LogP contribution in [0, 0.1) is 0 Å². The van der Waals surface area contributed by atoms with Crippen molar-refractivity contribution in [2.24, 2.45) is 0 Å². The van der Waals surface area contributed by atoms with Gasteiger partial charge in [-0.25, -0.2) is 0 Å². The summed E-state index contributed by atoms with van der Waals surface area (Å²) in [7, 11) is 0. The molecule has 284 valence electrons. The Morgan fingerprint density at radius 1 is 0.450 bits per heavy atom. The molecule has 1 atom stereocenters. The highest BCUT2D eigenvalue weighted by Gasteiger charge is 2.51. The standard InChI is InChI=1S/C58H41NO/c1-3-40-16-10-12-22-49(40)56-39(2)58(54-37-32-45-19-11-13-23-50(45)57(54)60-56)53-25-15-14-24-51(53)52-36-35-48(38-55(52)58)59(46-20-8-5-9-21-46)47-33-30-44(31-34-47)43-28-26-42(27-29-43)41-17-6-4-7-18-41/h3-38H,1H2,2H3. The summed E-state index contributed by atoms with van der Waals surface area (Å²) < 4.78 is 7.22. The van der Waals surface area contributed by atoms with Gasteiger partial charge in [-0.1, -0.05) is 189 Å². The number of para-hydroxylation sites is 1. The van der Waals surface area contributed by atoms with Crippen molar-refractivity contribution in [1.82, 2.24) is 0 Å². The molecule has 2 aliphatic rings. The van der Waals surface area contributed by atoms with E-state index in [0.717, 1.165) is 61.6 Å². The largest absolute Gasteiger partial charge is 0.456 e. The molecule has 9 aromatic carbocycles. The van der Waals surface area contributed by atoms with E-state index in [9.17, 15) is 0 Å². The minimum absolute atomic E-state index is 0.638. The van der Waals surface area contributed by atoms with E-state index in [4.69, 9.17) is 4.74 Å². The quantitative estimate of drug-likeness (QED) is 0.160. The van der Waals surface area contributed by atoms with Crippen LogP contribution in [0.1, 0.15) is 34.7 Å². The fourth-order valence-corrected chi connectivity index (χ4v) is 9.75. The molecule has 1 aliphatic carbocycles. The molecule has 1 unspecified atom stereocenters. The van der Waals surface area contributed by atoms with E-state index >= 15 is 0 Å². The summed E-state index contributed by atoms with van der Waals surface area (Å²) in [6, 6.07) is 76.6. The Morgan fingerprint density at radius 3 is 1.73 bits per heavy atom. The predicted molar refractivity (Wildman–Crippen MR) is 251 cm³/mol. The van der Waals surface area contributed by atoms with Gasteiger partial charge in [0.1, 0.15) is 11.5 Å². The minimum atomic E-state index is -0.638. The van der Waals surface area contributed by atoms with Crippen molar-refractivity contribution in [3.63, 3.8) is 0 Å². The van der Waals surface area contributed by atoms with Crippen LogP contribution < -0.4 is 9.64 Å². The van der Waals surface area contributed by atoms with Crippen molar-refractivity contribution >= 4 is 39.7 Å². The van der Waals surface area contributed by atoms with Gasteiger partial charge < -0.3 is 9.64 Å². The number of ether oxygens (including phenoxy) is 1. The van der Waals surface area contributed by atoms with Gasteiger partial charge in [-0.3, -0.25) is 0 Å². The van der Waals surface area contributed by atoms with Crippen LogP contribution in [0.5, 0.6) is 5.75 Å². The third-order valence-electron chi connectivity index (χ3n) is 12.6. The zero-order valence-electron chi connectivity index (χ0n) is 33.3. The molecule has 2 nitrogen and oxygen atoms in total. The van der Waals surface area contributed by atoms with E-state index in [1.54, 1.807) is 0 Å². The van der Waals surface area contributed by atoms with Crippen molar-refractivity contribution in [1.29, 1.82) is 0 Å². The molecule has 9 aromatic rings. The van der Waals surface area contributed by atoms with Crippen LogP contribution >= 0.6 is 0 Å². The molecule has 1 heterocycles. The second-order valence-electron chi connectivity index (χ2n) is 15.7. The van der Waals surface area contributed by atoms with Gasteiger partial charge in [0.15, 0.2) is 0 Å². The molecule has 2 heteroatoms. The van der Waals surface area contributed by atoms with Crippen LogP contribution in [0.3, 0.4) is 0 Å². The van der Waals surface area contributed by atoms with Crippen LogP contribution in [0.25, 0.3) is 56.0 Å². The average Bonchev–Trinajstić information content (AvgIpc) is 3.61. The van der Waals surface area contributed by atoms with E-state index in [-0.39, 0.29) is 0 Å². The Labute approximate surface area is 351 Å². The Balaban J connectivity index is 1.11. The van der Waals surface area contributed by atoms with Gasteiger partial charge in [0.05, 0.1) is 5.41 Å². The molecule has 60 heavy (non-hydrogen) atoms. The first-order valence-electron chi connectivity index (χ1n) is 20.6. The maximum Gasteiger partial charge on any atom is 0.140 e. The Bertz CT molecular complexity index is 3130. The Morgan fingerprint density at radius 2 is 1.00 bits per heavy atom. The van der Waals surface area contributed by atoms with Crippen molar-refractivity contribution < 1.29 is 4.74 Å². The molecular weight excluding hydrogens is 727 g/mol. The second kappa shape index (κ2) is 14.3. The second-order valence-corrected chi connectivity index (χ2v) is 15.7. The lowest BCUT2D eigenvalue weighted by molar-refractivity contribution is 0.471. The van der Waals surface area contributed by atoms with Crippen LogP contribution in [0.2, 0.25) is 0 Å². The number of benzene rings is 9. The normalized spacial score (nSPS) is 14.9. The van der Waals surface area contributed by atoms with E-state index < -0.39 is 5.41 Å². The van der Waals surface area contributed by atoms with Crippen LogP contribution in [-0.4, -0.2) is 0 Å². The zero-order valence-corrected chi connectivity index (χ0v) is 33.3. The first kappa shape index (κ1) is 35.5. The van der Waals surface area contributed by atoms with E-state index in [2.05, 4.69) is 231 Å². The number of hydrogen-bond acceptors (Lipinski definition) is 2. The maximum absolute atomic E-state index is 7.22. The van der Waals surface area contributed by atoms with E-state index in [1.165, 1.54) is 44.5 Å². The number of allylic oxidation sites excluding steroid dienone is 1. The number of rotatable bonds is 7. The number of nitrogens with zero attached hydrogens (tertiary/aromatic N) is 1. The van der Waals surface area contributed by atoms with Gasteiger partial charge in [-0.05, 0) is 104 Å². The van der Waals surface area contributed by atoms with E-state index in [1.807, 2.05) is 6.08 Å². The van der Waals surface area contributed by atoms with Gasteiger partial charge >= 0.3 is 0 Å². The monoisotopic (exact) mass is 767 g/mol. The summed E-state index contributed by atoms with van der Waals surface area (Å²) in [5.74, 6) is 1.77. The van der Waals surface area contributed by atoms with Crippen molar-refractivity contribution in [3.05, 3.63) is 252 Å². The highest BCUT2D eigenvalue weighted by Crippen LogP contribution is 2.63. The lowest BCUT2D eigenvalue weighted by Crippen LogP contribution is -2.34. The Kier molecular flexibility index (Phi) is 8.46. The number of anilines is 3. The fourth-order valence-electron chi connectivity index (χ4n) is 9.75. The number of hydrogen-bond donors (Lipinski definition) is 0. The zero-order chi connectivity index (χ0) is 40.2. The summed E-state index contributed by atoms with van der Waals surface area (Å²) in [5, 5.41) is 2.24. The molecule has 0 radical (unpaired) electrons. The fraction of sp³-hybridized carbons (Fsp3) is 0.0345. The van der Waals surface area contributed by atoms with Gasteiger partial charge in [-0.2, -0.15) is 0 Å². The molecule has 11 rings (SSSR count). The maximum atomic E-state index is 7.22. The lowest BCUT2D eigenvalue weighted by atomic mass is 9.65. The molecule has 1 aliphatic heterocycles. The van der Waals surface area contributed by atoms with Gasteiger partial charge in [0.2, 0.25) is 0 Å². The summed E-state index contributed by atoms with van der Waals surface area (Å²) in [4.78, 5) is 2.38. The molecule has 0 bridgehead atoms. The first-order chi connectivity index (χ1) is 29.6. The molecule has 0 N–H and O–H groups in total. The molecule has 0 fully saturated rings. The molecular formula is C58H41NO. The van der Waals surface area contributed by atoms with Crippen LogP contribution in [-0.2, 0) is 5.41 Å². The highest BCUT2D eigenvalue weighted by molar-refractivity contribution is 5.98. The molecule has 0 saturated carbocycles. The van der Waals surface area contributed by atoms with Gasteiger partial charge in [-0.15, -0.1) is 0 Å². The molecule has 0 saturated heterocycles. The molecule has 1 spiro atoms. The molecule has 0 amide bonds. The molecule has 0 aromatic heterocycles. The first-order valence-corrected chi connectivity index (χ1v) is 20.6. The summed E-state index contributed by atoms with van der Waals surface area (Å²) in [6.45, 7) is 6.48. The smallest absolute Gasteiger partial charge is 0.140 e. The van der Waals surface area contributed by atoms with Crippen LogP contribution in [0.4, 0.5) is 17.1 Å². The van der Waals surface area contributed by atoms with Crippen molar-refractivity contribution in [3.8, 4) is 39.1 Å². The van der Waals surface area contributed by atoms with Crippen molar-refractivity contribution in [2.75, 3.05) is 4.90 Å². The topological polar surface area (TPSA) is 12.5 Å². The SMILES string of the molecule is C=Cc1ccccc1C1=C(C)C2(c3ccccc3-c3ccc(N(c4ccccc4)c4ccc(-c5ccc(-c6ccccc6)cc5)cc4)cc32)c2ccc3ccccc3c2O1.